The average Bonchev–Trinajstić information content (AvgIpc) is 2.63. The quantitative estimate of drug-likeness (QED) is 0.925. The van der Waals surface area contributed by atoms with Crippen LogP contribution in [0.25, 0.3) is 0 Å². The minimum atomic E-state index is -0.361. The summed E-state index contributed by atoms with van der Waals surface area (Å²) < 4.78 is 6.31. The molecule has 1 heterocycles. The Bertz CT molecular complexity index is 690. The minimum absolute atomic E-state index is 0.0471. The fourth-order valence-corrected chi connectivity index (χ4v) is 3.36. The second-order valence-electron chi connectivity index (χ2n) is 6.60. The highest BCUT2D eigenvalue weighted by Crippen LogP contribution is 2.37. The first-order valence-electron chi connectivity index (χ1n) is 8.55. The average molecular weight is 321 g/mol. The molecule has 0 unspecified atom stereocenters. The number of aryl methyl sites for hydroxylation is 1. The lowest BCUT2D eigenvalue weighted by Crippen LogP contribution is -2.38. The first-order valence-corrected chi connectivity index (χ1v) is 8.55. The number of hydrogen-bond donors (Lipinski definition) is 1. The lowest BCUT2D eigenvalue weighted by atomic mass is 9.85. The van der Waals surface area contributed by atoms with E-state index in [2.05, 4.69) is 18.2 Å². The summed E-state index contributed by atoms with van der Waals surface area (Å²) >= 11 is 0. The summed E-state index contributed by atoms with van der Waals surface area (Å²) in [7, 11) is 0. The molecule has 3 rings (SSSR count). The van der Waals surface area contributed by atoms with Crippen LogP contribution in [0.15, 0.2) is 54.6 Å². The maximum atomic E-state index is 10.4. The first kappa shape index (κ1) is 16.7. The molecule has 124 valence electrons. The van der Waals surface area contributed by atoms with E-state index in [9.17, 15) is 5.11 Å². The summed E-state index contributed by atoms with van der Waals surface area (Å²) in [6, 6.07) is 20.0. The van der Waals surface area contributed by atoms with Gasteiger partial charge in [-0.3, -0.25) is 0 Å². The molecular weight excluding hydrogens is 298 g/mol. The summed E-state index contributed by atoms with van der Waals surface area (Å²) in [5.74, 6) is 0.0471. The lowest BCUT2D eigenvalue weighted by Gasteiger charge is -2.38. The zero-order chi connectivity index (χ0) is 16.9. The highest BCUT2D eigenvalue weighted by molar-refractivity contribution is 5.33. The summed E-state index contributed by atoms with van der Waals surface area (Å²) in [5.41, 5.74) is 2.97. The largest absolute Gasteiger partial charge is 0.393 e. The van der Waals surface area contributed by atoms with E-state index in [4.69, 9.17) is 10.00 Å². The van der Waals surface area contributed by atoms with Gasteiger partial charge in [-0.1, -0.05) is 49.4 Å². The Morgan fingerprint density at radius 3 is 2.50 bits per heavy atom. The number of benzene rings is 2. The molecule has 3 heteroatoms. The van der Waals surface area contributed by atoms with Crippen molar-refractivity contribution in [2.24, 2.45) is 5.92 Å². The summed E-state index contributed by atoms with van der Waals surface area (Å²) in [5, 5.41) is 19.4. The molecule has 0 radical (unpaired) electrons. The van der Waals surface area contributed by atoms with Crippen molar-refractivity contribution < 1.29 is 9.84 Å². The third-order valence-corrected chi connectivity index (χ3v) is 4.89. The maximum Gasteiger partial charge on any atom is 0.0991 e. The van der Waals surface area contributed by atoms with Crippen molar-refractivity contribution in [2.75, 3.05) is 0 Å². The number of nitriles is 1. The predicted octanol–water partition coefficient (Wildman–Crippen LogP) is 4.02. The molecule has 0 amide bonds. The second-order valence-corrected chi connectivity index (χ2v) is 6.60. The van der Waals surface area contributed by atoms with Crippen molar-refractivity contribution in [3.63, 3.8) is 0 Å². The van der Waals surface area contributed by atoms with E-state index in [1.165, 1.54) is 5.56 Å². The van der Waals surface area contributed by atoms with Crippen LogP contribution < -0.4 is 0 Å². The molecule has 2 aromatic carbocycles. The number of hydrogen-bond acceptors (Lipinski definition) is 3. The Morgan fingerprint density at radius 1 is 1.12 bits per heavy atom. The molecular formula is C21H23NO2. The van der Waals surface area contributed by atoms with Gasteiger partial charge in [-0.25, -0.2) is 0 Å². The maximum absolute atomic E-state index is 10.4. The molecule has 1 aliphatic heterocycles. The number of ether oxygens (including phenoxy) is 1. The van der Waals surface area contributed by atoms with Gasteiger partial charge in [0.15, 0.2) is 0 Å². The predicted molar refractivity (Wildman–Crippen MR) is 93.3 cm³/mol. The third-order valence-electron chi connectivity index (χ3n) is 4.89. The molecule has 2 aromatic rings. The van der Waals surface area contributed by atoms with Crippen molar-refractivity contribution in [1.29, 1.82) is 5.26 Å². The summed E-state index contributed by atoms with van der Waals surface area (Å²) in [6.07, 6.45) is 2.10. The molecule has 0 aliphatic carbocycles. The van der Waals surface area contributed by atoms with Crippen molar-refractivity contribution in [1.82, 2.24) is 0 Å². The standard InChI is InChI=1S/C21H23NO2/c1-15-20(23)13-19(12-9-16-5-3-2-4-6-16)24-21(15)18-10-7-17(14-22)8-11-18/h2-8,10-11,15,19-21,23H,9,12-13H2,1H3/t15-,19-,20+,21-/m1/s1. The Balaban J connectivity index is 1.68. The molecule has 0 saturated carbocycles. The van der Waals surface area contributed by atoms with Crippen molar-refractivity contribution in [2.45, 2.75) is 44.5 Å². The van der Waals surface area contributed by atoms with Crippen LogP contribution in [-0.4, -0.2) is 17.3 Å². The van der Waals surface area contributed by atoms with Crippen LogP contribution in [0.3, 0.4) is 0 Å². The molecule has 1 fully saturated rings. The van der Waals surface area contributed by atoms with E-state index in [1.807, 2.05) is 49.4 Å². The van der Waals surface area contributed by atoms with E-state index in [0.717, 1.165) is 18.4 Å². The Labute approximate surface area is 143 Å². The monoisotopic (exact) mass is 321 g/mol. The van der Waals surface area contributed by atoms with Crippen LogP contribution in [0.2, 0.25) is 0 Å². The van der Waals surface area contributed by atoms with Gasteiger partial charge >= 0.3 is 0 Å². The van der Waals surface area contributed by atoms with Crippen molar-refractivity contribution in [3.05, 3.63) is 71.3 Å². The smallest absolute Gasteiger partial charge is 0.0991 e. The fraction of sp³-hybridized carbons (Fsp3) is 0.381. The van der Waals surface area contributed by atoms with E-state index >= 15 is 0 Å². The van der Waals surface area contributed by atoms with Crippen LogP contribution in [0.5, 0.6) is 0 Å². The van der Waals surface area contributed by atoms with Crippen molar-refractivity contribution >= 4 is 0 Å². The zero-order valence-corrected chi connectivity index (χ0v) is 13.9. The van der Waals surface area contributed by atoms with Gasteiger partial charge in [0.1, 0.15) is 0 Å². The molecule has 0 spiro atoms. The summed E-state index contributed by atoms with van der Waals surface area (Å²) in [4.78, 5) is 0. The molecule has 1 saturated heterocycles. The molecule has 1 aliphatic rings. The van der Waals surface area contributed by atoms with Gasteiger partial charge in [-0.15, -0.1) is 0 Å². The number of nitrogens with zero attached hydrogens (tertiary/aromatic N) is 1. The lowest BCUT2D eigenvalue weighted by molar-refractivity contribution is -0.135. The zero-order valence-electron chi connectivity index (χ0n) is 13.9. The van der Waals surface area contributed by atoms with Gasteiger partial charge in [0.25, 0.3) is 0 Å². The number of aliphatic hydroxyl groups excluding tert-OH is 1. The molecule has 24 heavy (non-hydrogen) atoms. The topological polar surface area (TPSA) is 53.2 Å². The Hall–Kier alpha value is -2.15. The van der Waals surface area contributed by atoms with E-state index in [1.54, 1.807) is 0 Å². The van der Waals surface area contributed by atoms with Gasteiger partial charge in [0.2, 0.25) is 0 Å². The highest BCUT2D eigenvalue weighted by atomic mass is 16.5. The minimum Gasteiger partial charge on any atom is -0.393 e. The van der Waals surface area contributed by atoms with Crippen LogP contribution in [0.4, 0.5) is 0 Å². The molecule has 4 atom stereocenters. The normalized spacial score (nSPS) is 26.7. The molecule has 1 N–H and O–H groups in total. The molecule has 0 aromatic heterocycles. The van der Waals surface area contributed by atoms with Crippen molar-refractivity contribution in [3.8, 4) is 6.07 Å². The summed E-state index contributed by atoms with van der Waals surface area (Å²) in [6.45, 7) is 2.03. The fourth-order valence-electron chi connectivity index (χ4n) is 3.36. The van der Waals surface area contributed by atoms with E-state index in [-0.39, 0.29) is 24.2 Å². The Kier molecular flexibility index (Phi) is 5.30. The molecule has 0 bridgehead atoms. The van der Waals surface area contributed by atoms with Gasteiger partial charge < -0.3 is 9.84 Å². The van der Waals surface area contributed by atoms with Gasteiger partial charge in [0, 0.05) is 5.92 Å². The van der Waals surface area contributed by atoms with Crippen LogP contribution in [0.1, 0.15) is 42.6 Å². The van der Waals surface area contributed by atoms with Gasteiger partial charge in [-0.2, -0.15) is 5.26 Å². The first-order chi connectivity index (χ1) is 11.7. The van der Waals surface area contributed by atoms with Crippen LogP contribution in [-0.2, 0) is 11.2 Å². The second kappa shape index (κ2) is 7.61. The number of rotatable bonds is 4. The van der Waals surface area contributed by atoms with Crippen LogP contribution >= 0.6 is 0 Å². The van der Waals surface area contributed by atoms with E-state index < -0.39 is 0 Å². The molecule has 3 nitrogen and oxygen atoms in total. The Morgan fingerprint density at radius 2 is 1.83 bits per heavy atom. The van der Waals surface area contributed by atoms with Gasteiger partial charge in [0.05, 0.1) is 29.9 Å². The van der Waals surface area contributed by atoms with Crippen LogP contribution in [0, 0.1) is 17.2 Å². The third kappa shape index (κ3) is 3.84. The SMILES string of the molecule is C[C@@H]1[C@@H](O)C[C@@H](CCc2ccccc2)O[C@H]1c1ccc(C#N)cc1. The number of aliphatic hydroxyl groups is 1. The van der Waals surface area contributed by atoms with Gasteiger partial charge in [-0.05, 0) is 42.5 Å². The highest BCUT2D eigenvalue weighted by Gasteiger charge is 2.35. The van der Waals surface area contributed by atoms with E-state index in [0.29, 0.717) is 12.0 Å².